The lowest BCUT2D eigenvalue weighted by Gasteiger charge is -2.20. The van der Waals surface area contributed by atoms with Crippen LogP contribution in [0.4, 0.5) is 0 Å². The summed E-state index contributed by atoms with van der Waals surface area (Å²) in [5.74, 6) is 1.24. The van der Waals surface area contributed by atoms with Gasteiger partial charge >= 0.3 is 0 Å². The summed E-state index contributed by atoms with van der Waals surface area (Å²) < 4.78 is 5.51. The molecule has 0 radical (unpaired) electrons. The van der Waals surface area contributed by atoms with Crippen LogP contribution in [-0.2, 0) is 6.42 Å². The first-order chi connectivity index (χ1) is 13.4. The Labute approximate surface area is 170 Å². The van der Waals surface area contributed by atoms with Crippen molar-refractivity contribution in [3.63, 3.8) is 0 Å². The Bertz CT molecular complexity index is 896. The molecular weight excluding hydrogens is 374 g/mol. The quantitative estimate of drug-likeness (QED) is 0.579. The number of aliphatic hydroxyl groups excluding tert-OH is 1. The van der Waals surface area contributed by atoms with Crippen LogP contribution >= 0.6 is 11.6 Å². The molecule has 3 rings (SSSR count). The predicted octanol–water partition coefficient (Wildman–Crippen LogP) is 4.59. The Morgan fingerprint density at radius 3 is 2.57 bits per heavy atom. The molecule has 148 valence electrons. The minimum atomic E-state index is -0.498. The lowest BCUT2D eigenvalue weighted by molar-refractivity contribution is 0.158. The number of aryl methyl sites for hydroxylation is 1. The number of rotatable bonds is 8. The van der Waals surface area contributed by atoms with Gasteiger partial charge < -0.3 is 14.9 Å². The lowest BCUT2D eigenvalue weighted by atomic mass is 10.0. The highest BCUT2D eigenvalue weighted by Gasteiger charge is 2.23. The fourth-order valence-electron chi connectivity index (χ4n) is 3.04. The fourth-order valence-corrected chi connectivity index (χ4v) is 3.22. The molecule has 2 atom stereocenters. The SMILES string of the molecule is Cc1ccc(-c2noc(C(NCC(O)Cc3ccccc3)C(C)C)n2)cc1Cl. The molecular formula is C22H26ClN3O2. The third-order valence-corrected chi connectivity index (χ3v) is 5.10. The van der Waals surface area contributed by atoms with Crippen molar-refractivity contribution < 1.29 is 9.63 Å². The average Bonchev–Trinajstić information content (AvgIpc) is 3.14. The summed E-state index contributed by atoms with van der Waals surface area (Å²) in [6, 6.07) is 15.5. The third-order valence-electron chi connectivity index (χ3n) is 4.69. The second-order valence-corrected chi connectivity index (χ2v) is 7.80. The molecule has 2 aromatic carbocycles. The van der Waals surface area contributed by atoms with Crippen LogP contribution in [0.5, 0.6) is 0 Å². The number of halogens is 1. The summed E-state index contributed by atoms with van der Waals surface area (Å²) in [6.45, 7) is 6.54. The first-order valence-corrected chi connectivity index (χ1v) is 9.87. The first kappa shape index (κ1) is 20.5. The summed E-state index contributed by atoms with van der Waals surface area (Å²) in [4.78, 5) is 4.55. The Hall–Kier alpha value is -2.21. The highest BCUT2D eigenvalue weighted by Crippen LogP contribution is 2.26. The molecule has 1 heterocycles. The topological polar surface area (TPSA) is 71.2 Å². The molecule has 6 heteroatoms. The van der Waals surface area contributed by atoms with Gasteiger partial charge in [-0.3, -0.25) is 0 Å². The zero-order valence-electron chi connectivity index (χ0n) is 16.4. The van der Waals surface area contributed by atoms with Gasteiger partial charge in [0, 0.05) is 17.1 Å². The summed E-state index contributed by atoms with van der Waals surface area (Å²) in [5.41, 5.74) is 2.93. The van der Waals surface area contributed by atoms with Crippen molar-refractivity contribution in [3.05, 3.63) is 70.6 Å². The summed E-state index contributed by atoms with van der Waals surface area (Å²) in [5, 5.41) is 18.5. The van der Waals surface area contributed by atoms with Gasteiger partial charge in [0.2, 0.25) is 11.7 Å². The second kappa shape index (κ2) is 9.32. The Balaban J connectivity index is 1.67. The maximum absolute atomic E-state index is 10.4. The molecule has 0 aliphatic rings. The number of hydrogen-bond acceptors (Lipinski definition) is 5. The van der Waals surface area contributed by atoms with E-state index in [1.54, 1.807) is 0 Å². The molecule has 0 saturated carbocycles. The summed E-state index contributed by atoms with van der Waals surface area (Å²) in [7, 11) is 0. The van der Waals surface area contributed by atoms with Gasteiger partial charge in [0.1, 0.15) is 0 Å². The van der Waals surface area contributed by atoms with Gasteiger partial charge in [0.05, 0.1) is 12.1 Å². The number of hydrogen-bond donors (Lipinski definition) is 2. The fraction of sp³-hybridized carbons (Fsp3) is 0.364. The monoisotopic (exact) mass is 399 g/mol. The number of benzene rings is 2. The first-order valence-electron chi connectivity index (χ1n) is 9.49. The van der Waals surface area contributed by atoms with Gasteiger partial charge in [0.15, 0.2) is 0 Å². The van der Waals surface area contributed by atoms with Crippen molar-refractivity contribution in [2.24, 2.45) is 5.92 Å². The number of nitrogens with zero attached hydrogens (tertiary/aromatic N) is 2. The van der Waals surface area contributed by atoms with Crippen molar-refractivity contribution in [1.29, 1.82) is 0 Å². The zero-order valence-corrected chi connectivity index (χ0v) is 17.1. The van der Waals surface area contributed by atoms with Gasteiger partial charge in [-0.1, -0.05) is 73.1 Å². The van der Waals surface area contributed by atoms with Gasteiger partial charge in [-0.2, -0.15) is 4.98 Å². The van der Waals surface area contributed by atoms with E-state index < -0.39 is 6.10 Å². The largest absolute Gasteiger partial charge is 0.391 e. The number of aliphatic hydroxyl groups is 1. The highest BCUT2D eigenvalue weighted by molar-refractivity contribution is 6.31. The molecule has 1 aromatic heterocycles. The number of nitrogens with one attached hydrogen (secondary N) is 1. The highest BCUT2D eigenvalue weighted by atomic mass is 35.5. The Morgan fingerprint density at radius 1 is 1.14 bits per heavy atom. The van der Waals surface area contributed by atoms with Gasteiger partial charge in [-0.05, 0) is 36.5 Å². The summed E-state index contributed by atoms with van der Waals surface area (Å²) in [6.07, 6.45) is 0.0947. The van der Waals surface area contributed by atoms with E-state index in [1.165, 1.54) is 0 Å². The van der Waals surface area contributed by atoms with E-state index in [0.717, 1.165) is 16.7 Å². The second-order valence-electron chi connectivity index (χ2n) is 7.39. The van der Waals surface area contributed by atoms with Gasteiger partial charge in [-0.25, -0.2) is 0 Å². The average molecular weight is 400 g/mol. The summed E-state index contributed by atoms with van der Waals surface area (Å²) >= 11 is 6.21. The van der Waals surface area contributed by atoms with Crippen molar-refractivity contribution in [3.8, 4) is 11.4 Å². The van der Waals surface area contributed by atoms with E-state index >= 15 is 0 Å². The molecule has 2 N–H and O–H groups in total. The van der Waals surface area contributed by atoms with E-state index in [0.29, 0.717) is 29.7 Å². The lowest BCUT2D eigenvalue weighted by Crippen LogP contribution is -2.34. The molecule has 0 saturated heterocycles. The van der Waals surface area contributed by atoms with Gasteiger partial charge in [-0.15, -0.1) is 0 Å². The van der Waals surface area contributed by atoms with E-state index in [1.807, 2.05) is 55.5 Å². The van der Waals surface area contributed by atoms with Crippen molar-refractivity contribution in [2.75, 3.05) is 6.54 Å². The van der Waals surface area contributed by atoms with E-state index in [4.69, 9.17) is 16.1 Å². The standard InChI is InChI=1S/C22H26ClN3O2/c1-14(2)20(24-13-18(27)11-16-7-5-4-6-8-16)22-25-21(26-28-22)17-10-9-15(3)19(23)12-17/h4-10,12,14,18,20,24,27H,11,13H2,1-3H3. The number of aromatic nitrogens is 2. The molecule has 0 amide bonds. The molecule has 0 spiro atoms. The minimum Gasteiger partial charge on any atom is -0.391 e. The Morgan fingerprint density at radius 2 is 1.89 bits per heavy atom. The van der Waals surface area contributed by atoms with E-state index in [2.05, 4.69) is 29.3 Å². The molecule has 28 heavy (non-hydrogen) atoms. The molecule has 0 aliphatic heterocycles. The third kappa shape index (κ3) is 5.19. The van der Waals surface area contributed by atoms with Gasteiger partial charge in [0.25, 0.3) is 0 Å². The molecule has 0 bridgehead atoms. The van der Waals surface area contributed by atoms with E-state index in [-0.39, 0.29) is 12.0 Å². The van der Waals surface area contributed by atoms with Crippen LogP contribution in [-0.4, -0.2) is 27.9 Å². The van der Waals surface area contributed by atoms with Crippen LogP contribution in [0.3, 0.4) is 0 Å². The van der Waals surface area contributed by atoms with Crippen LogP contribution in [0.15, 0.2) is 53.1 Å². The minimum absolute atomic E-state index is 0.146. The van der Waals surface area contributed by atoms with Crippen molar-refractivity contribution in [2.45, 2.75) is 39.3 Å². The van der Waals surface area contributed by atoms with Crippen LogP contribution in [0.1, 0.15) is 36.9 Å². The maximum atomic E-state index is 10.4. The molecule has 2 unspecified atom stereocenters. The van der Waals surface area contributed by atoms with Crippen molar-refractivity contribution in [1.82, 2.24) is 15.5 Å². The molecule has 0 aliphatic carbocycles. The van der Waals surface area contributed by atoms with Crippen LogP contribution in [0, 0.1) is 12.8 Å². The van der Waals surface area contributed by atoms with Crippen LogP contribution in [0.25, 0.3) is 11.4 Å². The normalized spacial score (nSPS) is 13.6. The smallest absolute Gasteiger partial charge is 0.244 e. The predicted molar refractivity (Wildman–Crippen MR) is 111 cm³/mol. The van der Waals surface area contributed by atoms with Crippen LogP contribution < -0.4 is 5.32 Å². The molecule has 3 aromatic rings. The van der Waals surface area contributed by atoms with Crippen molar-refractivity contribution >= 4 is 11.6 Å². The molecule has 5 nitrogen and oxygen atoms in total. The van der Waals surface area contributed by atoms with E-state index in [9.17, 15) is 5.11 Å². The van der Waals surface area contributed by atoms with Crippen LogP contribution in [0.2, 0.25) is 5.02 Å². The zero-order chi connectivity index (χ0) is 20.1. The Kier molecular flexibility index (Phi) is 6.83. The maximum Gasteiger partial charge on any atom is 0.244 e. The molecule has 0 fully saturated rings.